The highest BCUT2D eigenvalue weighted by atomic mass is 35.5. The van der Waals surface area contributed by atoms with E-state index in [2.05, 4.69) is 21.9 Å². The number of nitrogens with zero attached hydrogens (tertiary/aromatic N) is 3. The zero-order valence-electron chi connectivity index (χ0n) is 13.2. The minimum absolute atomic E-state index is 0.293. The number of halogens is 2. The van der Waals surface area contributed by atoms with Crippen LogP contribution in [-0.4, -0.2) is 20.3 Å². The van der Waals surface area contributed by atoms with Gasteiger partial charge in [0, 0.05) is 23.5 Å². The molecule has 2 heterocycles. The molecule has 9 heteroatoms. The fourth-order valence-electron chi connectivity index (χ4n) is 2.35. The number of hydrogen-bond acceptors (Lipinski definition) is 4. The summed E-state index contributed by atoms with van der Waals surface area (Å²) in [6, 6.07) is 8.73. The van der Waals surface area contributed by atoms with Gasteiger partial charge in [-0.15, -0.1) is 5.10 Å². The second-order valence-electron chi connectivity index (χ2n) is 5.19. The van der Waals surface area contributed by atoms with E-state index in [1.807, 2.05) is 18.3 Å². The largest absolute Gasteiger partial charge is 0.350 e. The number of carbonyl (C=O) groups excluding carboxylic acids is 1. The second kappa shape index (κ2) is 7.70. The number of rotatable bonds is 5. The van der Waals surface area contributed by atoms with Crippen molar-refractivity contribution >= 4 is 57.8 Å². The van der Waals surface area contributed by atoms with E-state index in [0.29, 0.717) is 31.2 Å². The van der Waals surface area contributed by atoms with Crippen LogP contribution in [0.1, 0.15) is 23.0 Å². The molecule has 1 aromatic carbocycles. The van der Waals surface area contributed by atoms with Crippen LogP contribution in [0.5, 0.6) is 0 Å². The summed E-state index contributed by atoms with van der Waals surface area (Å²) in [5, 5.41) is 8.29. The number of carbonyl (C=O) groups is 1. The maximum absolute atomic E-state index is 12.4. The molecule has 3 rings (SSSR count). The molecule has 0 spiro atoms. The lowest BCUT2D eigenvalue weighted by Crippen LogP contribution is -2.13. The Kier molecular flexibility index (Phi) is 5.58. The van der Waals surface area contributed by atoms with Gasteiger partial charge in [-0.05, 0) is 49.5 Å². The van der Waals surface area contributed by atoms with Crippen molar-refractivity contribution in [2.75, 3.05) is 5.32 Å². The average molecular weight is 413 g/mol. The SMILES string of the molecule is CCn1cccc1Cn1nc(NC(=O)c2cc(Cl)ccc2Cl)sc1=S. The molecule has 3 aromatic rings. The van der Waals surface area contributed by atoms with E-state index in [4.69, 9.17) is 35.4 Å². The molecule has 130 valence electrons. The Balaban J connectivity index is 1.79. The lowest BCUT2D eigenvalue weighted by atomic mass is 10.2. The minimum atomic E-state index is -0.375. The van der Waals surface area contributed by atoms with Crippen molar-refractivity contribution in [3.05, 3.63) is 61.8 Å². The highest BCUT2D eigenvalue weighted by Crippen LogP contribution is 2.23. The van der Waals surface area contributed by atoms with Crippen molar-refractivity contribution < 1.29 is 4.79 Å². The van der Waals surface area contributed by atoms with Gasteiger partial charge in [0.15, 0.2) is 3.95 Å². The van der Waals surface area contributed by atoms with Crippen molar-refractivity contribution in [2.24, 2.45) is 0 Å². The first kappa shape index (κ1) is 18.1. The van der Waals surface area contributed by atoms with Gasteiger partial charge in [0.1, 0.15) is 0 Å². The summed E-state index contributed by atoms with van der Waals surface area (Å²) in [4.78, 5) is 12.4. The maximum atomic E-state index is 12.4. The standard InChI is InChI=1S/C16H14Cl2N4OS2/c1-2-21-7-3-4-11(21)9-22-16(24)25-15(20-22)19-14(23)12-8-10(17)5-6-13(12)18/h3-8H,2,9H2,1H3,(H,19,20,23). The molecule has 2 aromatic heterocycles. The number of nitrogens with one attached hydrogen (secondary N) is 1. The van der Waals surface area contributed by atoms with Gasteiger partial charge in [0.05, 0.1) is 17.1 Å². The van der Waals surface area contributed by atoms with Gasteiger partial charge >= 0.3 is 0 Å². The molecule has 0 fully saturated rings. The summed E-state index contributed by atoms with van der Waals surface area (Å²) < 4.78 is 4.39. The molecule has 1 amide bonds. The quantitative estimate of drug-likeness (QED) is 0.592. The van der Waals surface area contributed by atoms with Crippen molar-refractivity contribution in [1.82, 2.24) is 14.3 Å². The molecule has 0 atom stereocenters. The number of amides is 1. The molecular formula is C16H14Cl2N4OS2. The zero-order valence-corrected chi connectivity index (χ0v) is 16.3. The Morgan fingerprint density at radius 2 is 2.16 bits per heavy atom. The summed E-state index contributed by atoms with van der Waals surface area (Å²) in [6.45, 7) is 3.49. The number of anilines is 1. The van der Waals surface area contributed by atoms with Crippen molar-refractivity contribution in [3.8, 4) is 0 Å². The highest BCUT2D eigenvalue weighted by Gasteiger charge is 2.14. The summed E-state index contributed by atoms with van der Waals surface area (Å²) in [5.74, 6) is -0.375. The van der Waals surface area contributed by atoms with E-state index in [0.717, 1.165) is 12.2 Å². The summed E-state index contributed by atoms with van der Waals surface area (Å²) in [7, 11) is 0. The van der Waals surface area contributed by atoms with Crippen molar-refractivity contribution in [3.63, 3.8) is 0 Å². The van der Waals surface area contributed by atoms with E-state index < -0.39 is 0 Å². The maximum Gasteiger partial charge on any atom is 0.259 e. The van der Waals surface area contributed by atoms with E-state index in [1.54, 1.807) is 16.8 Å². The first-order chi connectivity index (χ1) is 12.0. The van der Waals surface area contributed by atoms with Crippen LogP contribution in [0.15, 0.2) is 36.5 Å². The fraction of sp³-hybridized carbons (Fsp3) is 0.188. The molecule has 25 heavy (non-hydrogen) atoms. The van der Waals surface area contributed by atoms with Crippen LogP contribution < -0.4 is 5.32 Å². The zero-order chi connectivity index (χ0) is 18.0. The molecule has 1 N–H and O–H groups in total. The van der Waals surface area contributed by atoms with Crippen LogP contribution in [0.4, 0.5) is 5.13 Å². The monoisotopic (exact) mass is 412 g/mol. The van der Waals surface area contributed by atoms with Gasteiger partial charge in [-0.1, -0.05) is 34.5 Å². The number of benzene rings is 1. The van der Waals surface area contributed by atoms with E-state index in [9.17, 15) is 4.79 Å². The predicted molar refractivity (Wildman–Crippen MR) is 105 cm³/mol. The molecule has 0 aliphatic rings. The van der Waals surface area contributed by atoms with Crippen LogP contribution in [0, 0.1) is 3.95 Å². The summed E-state index contributed by atoms with van der Waals surface area (Å²) in [6.07, 6.45) is 2.01. The number of aryl methyl sites for hydroxylation is 1. The van der Waals surface area contributed by atoms with Crippen LogP contribution >= 0.6 is 46.8 Å². The van der Waals surface area contributed by atoms with Gasteiger partial charge in [-0.25, -0.2) is 4.68 Å². The Hall–Kier alpha value is -1.67. The normalized spacial score (nSPS) is 10.8. The third kappa shape index (κ3) is 4.12. The molecule has 0 aliphatic heterocycles. The molecule has 5 nitrogen and oxygen atoms in total. The number of aromatic nitrogens is 3. The average Bonchev–Trinajstić information content (AvgIpc) is 3.16. The predicted octanol–water partition coefficient (Wildman–Crippen LogP) is 5.10. The molecule has 0 unspecified atom stereocenters. The van der Waals surface area contributed by atoms with Crippen LogP contribution in [0.2, 0.25) is 10.0 Å². The summed E-state index contributed by atoms with van der Waals surface area (Å²) >= 11 is 18.6. The fourth-order valence-corrected chi connectivity index (χ4v) is 3.72. The third-order valence-corrected chi connectivity index (χ3v) is 5.36. The lowest BCUT2D eigenvalue weighted by molar-refractivity contribution is 0.102. The van der Waals surface area contributed by atoms with Gasteiger partial charge < -0.3 is 4.57 Å². The van der Waals surface area contributed by atoms with Crippen LogP contribution in [0.3, 0.4) is 0 Å². The molecule has 0 saturated heterocycles. The molecule has 0 saturated carbocycles. The second-order valence-corrected chi connectivity index (χ2v) is 7.66. The highest BCUT2D eigenvalue weighted by molar-refractivity contribution is 7.73. The smallest absolute Gasteiger partial charge is 0.259 e. The molecular weight excluding hydrogens is 399 g/mol. The first-order valence-electron chi connectivity index (χ1n) is 7.46. The third-order valence-electron chi connectivity index (χ3n) is 3.58. The van der Waals surface area contributed by atoms with Crippen LogP contribution in [-0.2, 0) is 13.1 Å². The van der Waals surface area contributed by atoms with Crippen LogP contribution in [0.25, 0.3) is 0 Å². The van der Waals surface area contributed by atoms with Crippen molar-refractivity contribution in [2.45, 2.75) is 20.0 Å². The van der Waals surface area contributed by atoms with Crippen molar-refractivity contribution in [1.29, 1.82) is 0 Å². The van der Waals surface area contributed by atoms with Gasteiger partial charge in [0.2, 0.25) is 5.13 Å². The Morgan fingerprint density at radius 3 is 2.92 bits per heavy atom. The molecule has 0 bridgehead atoms. The summed E-state index contributed by atoms with van der Waals surface area (Å²) in [5.41, 5.74) is 1.39. The van der Waals surface area contributed by atoms with Gasteiger partial charge in [0.25, 0.3) is 5.91 Å². The Bertz CT molecular complexity index is 977. The lowest BCUT2D eigenvalue weighted by Gasteiger charge is -2.06. The Morgan fingerprint density at radius 1 is 1.36 bits per heavy atom. The van der Waals surface area contributed by atoms with E-state index in [1.165, 1.54) is 17.4 Å². The van der Waals surface area contributed by atoms with E-state index >= 15 is 0 Å². The molecule has 0 radical (unpaired) electrons. The van der Waals surface area contributed by atoms with Gasteiger partial charge in [-0.3, -0.25) is 10.1 Å². The molecule has 0 aliphatic carbocycles. The topological polar surface area (TPSA) is 51.9 Å². The Labute approximate surface area is 163 Å². The van der Waals surface area contributed by atoms with Gasteiger partial charge in [-0.2, -0.15) is 0 Å². The minimum Gasteiger partial charge on any atom is -0.350 e. The first-order valence-corrected chi connectivity index (χ1v) is 9.44. The van der Waals surface area contributed by atoms with E-state index in [-0.39, 0.29) is 5.91 Å². The number of hydrogen-bond donors (Lipinski definition) is 1.